The third-order valence-electron chi connectivity index (χ3n) is 5.70. The Balaban J connectivity index is 1.72. The van der Waals surface area contributed by atoms with E-state index in [1.807, 2.05) is 0 Å². The van der Waals surface area contributed by atoms with Gasteiger partial charge in [0.2, 0.25) is 0 Å². The van der Waals surface area contributed by atoms with E-state index in [9.17, 15) is 13.0 Å². The molecule has 0 aromatic carbocycles. The van der Waals surface area contributed by atoms with Gasteiger partial charge in [-0.3, -0.25) is 4.57 Å². The SMILES string of the molecule is CCOP(=O)(CS(=O)(=O)CC12CC3CC(CC(C3)C1)C2)OCC. The van der Waals surface area contributed by atoms with Gasteiger partial charge in [-0.25, -0.2) is 8.42 Å². The average Bonchev–Trinajstić information content (AvgIpc) is 2.34. The number of hydrogen-bond acceptors (Lipinski definition) is 5. The zero-order valence-corrected chi connectivity index (χ0v) is 15.9. The van der Waals surface area contributed by atoms with Crippen LogP contribution in [0.4, 0.5) is 0 Å². The van der Waals surface area contributed by atoms with Gasteiger partial charge in [0.1, 0.15) is 0 Å². The van der Waals surface area contributed by atoms with Crippen LogP contribution in [-0.2, 0) is 23.4 Å². The first kappa shape index (κ1) is 17.9. The quantitative estimate of drug-likeness (QED) is 0.612. The van der Waals surface area contributed by atoms with E-state index in [-0.39, 0.29) is 24.4 Å². The summed E-state index contributed by atoms with van der Waals surface area (Å²) in [6.45, 7) is 3.81. The molecule has 4 rings (SSSR count). The van der Waals surface area contributed by atoms with Gasteiger partial charge in [-0.1, -0.05) is 0 Å². The molecular formula is C16H29O5PS. The summed E-state index contributed by atoms with van der Waals surface area (Å²) in [5, 5.41) is 0. The average molecular weight is 364 g/mol. The van der Waals surface area contributed by atoms with Crippen molar-refractivity contribution in [2.24, 2.45) is 23.2 Å². The van der Waals surface area contributed by atoms with Crippen molar-refractivity contribution >= 4 is 17.4 Å². The first-order chi connectivity index (χ1) is 10.8. The standard InChI is InChI=1S/C16H29O5PS/c1-3-20-22(17,21-4-2)12-23(18,19)11-16-8-13-5-14(9-16)7-15(6-13)10-16/h13-15H,3-12H2,1-2H3. The van der Waals surface area contributed by atoms with Gasteiger partial charge in [0.25, 0.3) is 0 Å². The largest absolute Gasteiger partial charge is 0.345 e. The molecule has 0 atom stereocenters. The highest BCUT2D eigenvalue weighted by molar-refractivity contribution is 7.97. The molecule has 0 aromatic rings. The van der Waals surface area contributed by atoms with Crippen LogP contribution >= 0.6 is 7.60 Å². The Hall–Kier alpha value is 0.100. The highest BCUT2D eigenvalue weighted by atomic mass is 32.2. The molecule has 134 valence electrons. The predicted octanol–water partition coefficient (Wildman–Crippen LogP) is 3.84. The molecule has 23 heavy (non-hydrogen) atoms. The van der Waals surface area contributed by atoms with Crippen LogP contribution in [0.3, 0.4) is 0 Å². The molecule has 4 aliphatic carbocycles. The van der Waals surface area contributed by atoms with Gasteiger partial charge >= 0.3 is 7.60 Å². The second-order valence-corrected chi connectivity index (χ2v) is 12.4. The number of sulfone groups is 1. The second kappa shape index (κ2) is 6.44. The Morgan fingerprint density at radius 1 is 0.957 bits per heavy atom. The summed E-state index contributed by atoms with van der Waals surface area (Å²) in [5.74, 6) is 2.29. The molecule has 4 bridgehead atoms. The third-order valence-corrected chi connectivity index (χ3v) is 10.9. The van der Waals surface area contributed by atoms with Crippen LogP contribution in [0.5, 0.6) is 0 Å². The Morgan fingerprint density at radius 2 is 1.39 bits per heavy atom. The van der Waals surface area contributed by atoms with Gasteiger partial charge in [-0.2, -0.15) is 0 Å². The molecule has 0 spiro atoms. The van der Waals surface area contributed by atoms with Crippen molar-refractivity contribution in [3.05, 3.63) is 0 Å². The molecule has 0 aromatic heterocycles. The monoisotopic (exact) mass is 364 g/mol. The van der Waals surface area contributed by atoms with E-state index >= 15 is 0 Å². The molecule has 0 radical (unpaired) electrons. The van der Waals surface area contributed by atoms with Gasteiger partial charge in [-0.05, 0) is 75.5 Å². The molecule has 0 N–H and O–H groups in total. The molecule has 4 fully saturated rings. The molecule has 0 amide bonds. The predicted molar refractivity (Wildman–Crippen MR) is 90.1 cm³/mol. The summed E-state index contributed by atoms with van der Waals surface area (Å²) in [6.07, 6.45) is 6.96. The lowest BCUT2D eigenvalue weighted by Gasteiger charge is -2.56. The molecule has 7 heteroatoms. The minimum Gasteiger partial charge on any atom is -0.308 e. The molecule has 4 saturated carbocycles. The van der Waals surface area contributed by atoms with Crippen molar-refractivity contribution in [1.82, 2.24) is 0 Å². The lowest BCUT2D eigenvalue weighted by atomic mass is 9.50. The van der Waals surface area contributed by atoms with E-state index in [1.54, 1.807) is 13.8 Å². The van der Waals surface area contributed by atoms with Crippen molar-refractivity contribution in [2.75, 3.05) is 24.5 Å². The van der Waals surface area contributed by atoms with Gasteiger partial charge < -0.3 is 9.05 Å². The molecule has 0 unspecified atom stereocenters. The molecular weight excluding hydrogens is 335 g/mol. The van der Waals surface area contributed by atoms with Crippen LogP contribution in [0, 0.1) is 23.2 Å². The smallest absolute Gasteiger partial charge is 0.308 e. The van der Waals surface area contributed by atoms with E-state index < -0.39 is 22.9 Å². The first-order valence-electron chi connectivity index (χ1n) is 8.85. The summed E-state index contributed by atoms with van der Waals surface area (Å²) < 4.78 is 48.4. The van der Waals surface area contributed by atoms with Gasteiger partial charge in [0.15, 0.2) is 15.3 Å². The topological polar surface area (TPSA) is 69.7 Å². The lowest BCUT2D eigenvalue weighted by molar-refractivity contribution is -0.0389. The van der Waals surface area contributed by atoms with Crippen LogP contribution < -0.4 is 0 Å². The fraction of sp³-hybridized carbons (Fsp3) is 1.00. The van der Waals surface area contributed by atoms with E-state index in [2.05, 4.69) is 0 Å². The highest BCUT2D eigenvalue weighted by Crippen LogP contribution is 2.61. The van der Waals surface area contributed by atoms with Crippen molar-refractivity contribution in [1.29, 1.82) is 0 Å². The minimum atomic E-state index is -3.54. The summed E-state index contributed by atoms with van der Waals surface area (Å²) >= 11 is 0. The molecule has 0 heterocycles. The summed E-state index contributed by atoms with van der Waals surface area (Å²) in [6, 6.07) is 0. The second-order valence-electron chi connectivity index (χ2n) is 7.88. The van der Waals surface area contributed by atoms with Crippen molar-refractivity contribution in [2.45, 2.75) is 52.4 Å². The lowest BCUT2D eigenvalue weighted by Crippen LogP contribution is -2.49. The zero-order chi connectivity index (χ0) is 16.7. The Kier molecular flexibility index (Phi) is 5.01. The fourth-order valence-electron chi connectivity index (χ4n) is 5.73. The maximum absolute atomic E-state index is 12.7. The summed E-state index contributed by atoms with van der Waals surface area (Å²) in [5.41, 5.74) is -0.541. The van der Waals surface area contributed by atoms with Crippen molar-refractivity contribution in [3.63, 3.8) is 0 Å². The maximum Gasteiger partial charge on any atom is 0.345 e. The maximum atomic E-state index is 12.7. The van der Waals surface area contributed by atoms with Crippen molar-refractivity contribution in [3.8, 4) is 0 Å². The Labute approximate surface area is 140 Å². The van der Waals surface area contributed by atoms with Crippen LogP contribution in [-0.4, -0.2) is 32.9 Å². The van der Waals surface area contributed by atoms with Crippen LogP contribution in [0.15, 0.2) is 0 Å². The van der Waals surface area contributed by atoms with E-state index in [4.69, 9.17) is 9.05 Å². The normalized spacial score (nSPS) is 36.5. The highest BCUT2D eigenvalue weighted by Gasteiger charge is 2.52. The van der Waals surface area contributed by atoms with Crippen LogP contribution in [0.25, 0.3) is 0 Å². The van der Waals surface area contributed by atoms with Gasteiger partial charge in [-0.15, -0.1) is 0 Å². The van der Waals surface area contributed by atoms with Crippen LogP contribution in [0.1, 0.15) is 52.4 Å². The Bertz CT molecular complexity index is 540. The fourth-order valence-corrected chi connectivity index (χ4v) is 10.8. The van der Waals surface area contributed by atoms with Crippen molar-refractivity contribution < 1.29 is 22.0 Å². The minimum absolute atomic E-state index is 0.0726. The zero-order valence-electron chi connectivity index (χ0n) is 14.2. The summed E-state index contributed by atoms with van der Waals surface area (Å²) in [4.78, 5) is 0. The molecule has 0 aliphatic heterocycles. The molecule has 0 saturated heterocycles. The van der Waals surface area contributed by atoms with E-state index in [0.717, 1.165) is 19.3 Å². The molecule has 4 aliphatic rings. The third kappa shape index (κ3) is 4.02. The van der Waals surface area contributed by atoms with Gasteiger partial charge in [0.05, 0.1) is 19.0 Å². The van der Waals surface area contributed by atoms with Crippen LogP contribution in [0.2, 0.25) is 0 Å². The first-order valence-corrected chi connectivity index (χ1v) is 12.4. The Morgan fingerprint density at radius 3 is 1.78 bits per heavy atom. The van der Waals surface area contributed by atoms with E-state index in [0.29, 0.717) is 17.8 Å². The number of hydrogen-bond donors (Lipinski definition) is 0. The molecule has 5 nitrogen and oxygen atoms in total. The van der Waals surface area contributed by atoms with E-state index in [1.165, 1.54) is 19.3 Å². The number of rotatable bonds is 8. The van der Waals surface area contributed by atoms with Gasteiger partial charge in [0, 0.05) is 0 Å². The summed E-state index contributed by atoms with van der Waals surface area (Å²) in [7, 11) is -7.00.